The van der Waals surface area contributed by atoms with E-state index in [9.17, 15) is 4.79 Å². The molecule has 86 valence electrons. The van der Waals surface area contributed by atoms with Gasteiger partial charge in [-0.15, -0.1) is 0 Å². The SMILES string of the molecule is C[C@H](C(=O)Nc1cncnc1)c1ccccc1. The molecule has 0 unspecified atom stereocenters. The summed E-state index contributed by atoms with van der Waals surface area (Å²) >= 11 is 0. The second-order valence-electron chi connectivity index (χ2n) is 3.75. The van der Waals surface area contributed by atoms with Crippen LogP contribution in [0, 0.1) is 0 Å². The van der Waals surface area contributed by atoms with E-state index in [-0.39, 0.29) is 11.8 Å². The van der Waals surface area contributed by atoms with Gasteiger partial charge in [0.05, 0.1) is 24.0 Å². The van der Waals surface area contributed by atoms with Gasteiger partial charge in [0.1, 0.15) is 6.33 Å². The average Bonchev–Trinajstić information content (AvgIpc) is 2.40. The molecule has 0 saturated carbocycles. The third-order valence-electron chi connectivity index (χ3n) is 2.52. The molecule has 2 aromatic rings. The van der Waals surface area contributed by atoms with Crippen LogP contribution in [0.15, 0.2) is 49.1 Å². The third kappa shape index (κ3) is 2.87. The molecule has 1 amide bonds. The fraction of sp³-hybridized carbons (Fsp3) is 0.154. The molecule has 0 radical (unpaired) electrons. The van der Waals surface area contributed by atoms with Crippen molar-refractivity contribution in [1.29, 1.82) is 0 Å². The highest BCUT2D eigenvalue weighted by Crippen LogP contribution is 2.16. The first-order chi connectivity index (χ1) is 8.27. The lowest BCUT2D eigenvalue weighted by atomic mass is 10.0. The fourth-order valence-electron chi connectivity index (χ4n) is 1.51. The van der Waals surface area contributed by atoms with Gasteiger partial charge in [-0.3, -0.25) is 4.79 Å². The van der Waals surface area contributed by atoms with Crippen LogP contribution >= 0.6 is 0 Å². The van der Waals surface area contributed by atoms with Crippen LogP contribution in [0.2, 0.25) is 0 Å². The van der Waals surface area contributed by atoms with Crippen LogP contribution in [0.4, 0.5) is 5.69 Å². The van der Waals surface area contributed by atoms with Gasteiger partial charge in [0.15, 0.2) is 0 Å². The number of nitrogens with zero attached hydrogens (tertiary/aromatic N) is 2. The largest absolute Gasteiger partial charge is 0.323 e. The summed E-state index contributed by atoms with van der Waals surface area (Å²) in [4.78, 5) is 19.6. The van der Waals surface area contributed by atoms with E-state index < -0.39 is 0 Å². The van der Waals surface area contributed by atoms with Gasteiger partial charge in [0, 0.05) is 0 Å². The van der Waals surface area contributed by atoms with Crippen LogP contribution in [0.3, 0.4) is 0 Å². The lowest BCUT2D eigenvalue weighted by molar-refractivity contribution is -0.117. The number of benzene rings is 1. The topological polar surface area (TPSA) is 54.9 Å². The molecule has 0 fully saturated rings. The van der Waals surface area contributed by atoms with Crippen LogP contribution in [-0.4, -0.2) is 15.9 Å². The molecule has 17 heavy (non-hydrogen) atoms. The smallest absolute Gasteiger partial charge is 0.231 e. The zero-order valence-corrected chi connectivity index (χ0v) is 9.50. The number of rotatable bonds is 3. The molecule has 0 saturated heterocycles. The summed E-state index contributed by atoms with van der Waals surface area (Å²) in [5.74, 6) is -0.262. The molecule has 2 rings (SSSR count). The zero-order chi connectivity index (χ0) is 12.1. The van der Waals surface area contributed by atoms with Gasteiger partial charge in [0.25, 0.3) is 0 Å². The number of nitrogens with one attached hydrogen (secondary N) is 1. The van der Waals surface area contributed by atoms with E-state index in [1.54, 1.807) is 12.4 Å². The highest BCUT2D eigenvalue weighted by atomic mass is 16.1. The van der Waals surface area contributed by atoms with Gasteiger partial charge in [0.2, 0.25) is 5.91 Å². The molecular weight excluding hydrogens is 214 g/mol. The predicted molar refractivity (Wildman–Crippen MR) is 65.5 cm³/mol. The van der Waals surface area contributed by atoms with Crippen LogP contribution in [0.25, 0.3) is 0 Å². The Labute approximate surface area is 99.7 Å². The molecule has 1 aromatic carbocycles. The quantitative estimate of drug-likeness (QED) is 0.874. The highest BCUT2D eigenvalue weighted by molar-refractivity contribution is 5.95. The Hall–Kier alpha value is -2.23. The van der Waals surface area contributed by atoms with Crippen molar-refractivity contribution in [3.05, 3.63) is 54.6 Å². The Morgan fingerprint density at radius 2 is 1.82 bits per heavy atom. The van der Waals surface area contributed by atoms with E-state index in [2.05, 4.69) is 15.3 Å². The summed E-state index contributed by atoms with van der Waals surface area (Å²) < 4.78 is 0. The first kappa shape index (κ1) is 11.3. The number of carbonyl (C=O) groups excluding carboxylic acids is 1. The number of amides is 1. The Balaban J connectivity index is 2.06. The van der Waals surface area contributed by atoms with Gasteiger partial charge in [-0.1, -0.05) is 30.3 Å². The van der Waals surface area contributed by atoms with Crippen LogP contribution in [0.5, 0.6) is 0 Å². The van der Waals surface area contributed by atoms with E-state index >= 15 is 0 Å². The maximum Gasteiger partial charge on any atom is 0.231 e. The highest BCUT2D eigenvalue weighted by Gasteiger charge is 2.14. The van der Waals surface area contributed by atoms with Crippen LogP contribution in [-0.2, 0) is 4.79 Å². The molecule has 0 spiro atoms. The number of carbonyl (C=O) groups is 1. The minimum Gasteiger partial charge on any atom is -0.323 e. The minimum atomic E-state index is -0.198. The first-order valence-electron chi connectivity index (χ1n) is 5.38. The molecule has 0 aliphatic heterocycles. The van der Waals surface area contributed by atoms with E-state index in [1.165, 1.54) is 6.33 Å². The summed E-state index contributed by atoms with van der Waals surface area (Å²) in [6.07, 6.45) is 4.57. The first-order valence-corrected chi connectivity index (χ1v) is 5.38. The van der Waals surface area contributed by atoms with Crippen molar-refractivity contribution in [1.82, 2.24) is 9.97 Å². The number of aromatic nitrogens is 2. The molecular formula is C13H13N3O. The molecule has 0 bridgehead atoms. The molecule has 1 atom stereocenters. The van der Waals surface area contributed by atoms with Gasteiger partial charge >= 0.3 is 0 Å². The van der Waals surface area contributed by atoms with E-state index in [0.717, 1.165) is 5.56 Å². The van der Waals surface area contributed by atoms with Crippen molar-refractivity contribution in [2.45, 2.75) is 12.8 Å². The number of hydrogen-bond donors (Lipinski definition) is 1. The molecule has 4 heteroatoms. The lowest BCUT2D eigenvalue weighted by Gasteiger charge is -2.11. The molecule has 4 nitrogen and oxygen atoms in total. The molecule has 0 aliphatic rings. The minimum absolute atomic E-state index is 0.0639. The van der Waals surface area contributed by atoms with E-state index in [1.807, 2.05) is 37.3 Å². The number of anilines is 1. The standard InChI is InChI=1S/C13H13N3O/c1-10(11-5-3-2-4-6-11)13(17)16-12-7-14-9-15-8-12/h2-10H,1H3,(H,16,17)/t10-/m0/s1. The third-order valence-corrected chi connectivity index (χ3v) is 2.52. The van der Waals surface area contributed by atoms with Crippen molar-refractivity contribution in [2.75, 3.05) is 5.32 Å². The van der Waals surface area contributed by atoms with Crippen LogP contribution in [0.1, 0.15) is 18.4 Å². The van der Waals surface area contributed by atoms with Gasteiger partial charge in [-0.05, 0) is 12.5 Å². The van der Waals surface area contributed by atoms with Crippen molar-refractivity contribution in [3.8, 4) is 0 Å². The van der Waals surface area contributed by atoms with E-state index in [4.69, 9.17) is 0 Å². The second-order valence-corrected chi connectivity index (χ2v) is 3.75. The molecule has 0 aliphatic carbocycles. The summed E-state index contributed by atoms with van der Waals surface area (Å²) in [5, 5.41) is 2.78. The number of hydrogen-bond acceptors (Lipinski definition) is 3. The maximum atomic E-state index is 11.9. The summed E-state index contributed by atoms with van der Waals surface area (Å²) in [5.41, 5.74) is 1.60. The van der Waals surface area contributed by atoms with E-state index in [0.29, 0.717) is 5.69 Å². The normalized spacial score (nSPS) is 11.8. The lowest BCUT2D eigenvalue weighted by Crippen LogP contribution is -2.18. The van der Waals surface area contributed by atoms with Crippen molar-refractivity contribution in [2.24, 2.45) is 0 Å². The van der Waals surface area contributed by atoms with Gasteiger partial charge in [-0.25, -0.2) is 9.97 Å². The Morgan fingerprint density at radius 3 is 2.47 bits per heavy atom. The maximum absolute atomic E-state index is 11.9. The Morgan fingerprint density at radius 1 is 1.18 bits per heavy atom. The average molecular weight is 227 g/mol. The monoisotopic (exact) mass is 227 g/mol. The van der Waals surface area contributed by atoms with Gasteiger partial charge in [-0.2, -0.15) is 0 Å². The van der Waals surface area contributed by atoms with Crippen molar-refractivity contribution in [3.63, 3.8) is 0 Å². The summed E-state index contributed by atoms with van der Waals surface area (Å²) in [6.45, 7) is 1.87. The van der Waals surface area contributed by atoms with Crippen LogP contribution < -0.4 is 5.32 Å². The van der Waals surface area contributed by atoms with Crippen molar-refractivity contribution >= 4 is 11.6 Å². The van der Waals surface area contributed by atoms with Gasteiger partial charge < -0.3 is 5.32 Å². The molecule has 1 heterocycles. The summed E-state index contributed by atoms with van der Waals surface area (Å²) in [6, 6.07) is 9.64. The zero-order valence-electron chi connectivity index (χ0n) is 9.50. The Kier molecular flexibility index (Phi) is 3.45. The Bertz CT molecular complexity index is 485. The second kappa shape index (κ2) is 5.21. The van der Waals surface area contributed by atoms with Crippen molar-refractivity contribution < 1.29 is 4.79 Å². The molecule has 1 N–H and O–H groups in total. The fourth-order valence-corrected chi connectivity index (χ4v) is 1.51. The predicted octanol–water partition coefficient (Wildman–Crippen LogP) is 2.22. The molecule has 1 aromatic heterocycles. The summed E-state index contributed by atoms with van der Waals surface area (Å²) in [7, 11) is 0.